The maximum Gasteiger partial charge on any atom is 0.301 e. The van der Waals surface area contributed by atoms with E-state index >= 15 is 0 Å². The van der Waals surface area contributed by atoms with E-state index < -0.39 is 17.7 Å². The molecule has 1 fully saturated rings. The first-order valence-electron chi connectivity index (χ1n) is 14.0. The van der Waals surface area contributed by atoms with E-state index in [2.05, 4.69) is 6.92 Å². The molecule has 8 heteroatoms. The number of benzene rings is 3. The monoisotopic (exact) mass is 568 g/mol. The summed E-state index contributed by atoms with van der Waals surface area (Å²) in [6, 6.07) is 16.0. The largest absolute Gasteiger partial charge is 0.507 e. The zero-order valence-electron chi connectivity index (χ0n) is 23.6. The third kappa shape index (κ3) is 4.86. The number of ketones is 1. The summed E-state index contributed by atoms with van der Waals surface area (Å²) < 4.78 is 12.6. The number of amides is 1. The van der Waals surface area contributed by atoms with Crippen LogP contribution in [-0.4, -0.2) is 34.5 Å². The molecule has 4 aromatic rings. The Labute approximate surface area is 243 Å². The Morgan fingerprint density at radius 2 is 1.90 bits per heavy atom. The van der Waals surface area contributed by atoms with Gasteiger partial charge in [-0.25, -0.2) is 4.98 Å². The van der Waals surface area contributed by atoms with Gasteiger partial charge in [0.05, 0.1) is 28.4 Å². The molecule has 2 aliphatic rings. The molecule has 1 amide bonds. The second-order valence-electron chi connectivity index (χ2n) is 10.8. The Morgan fingerprint density at radius 1 is 1.12 bits per heavy atom. The lowest BCUT2D eigenvalue weighted by molar-refractivity contribution is -0.132. The number of aliphatic hydroxyl groups is 1. The van der Waals surface area contributed by atoms with Gasteiger partial charge in [0, 0.05) is 12.0 Å². The van der Waals surface area contributed by atoms with E-state index in [4.69, 9.17) is 14.5 Å². The van der Waals surface area contributed by atoms with Gasteiger partial charge in [0.2, 0.25) is 0 Å². The number of ether oxygens (including phenoxy) is 2. The first-order chi connectivity index (χ1) is 19.7. The number of Topliss-reactive ketones (excluding diaryl/α,β-unsaturated/α-hetero) is 1. The number of carbonyl (C=O) groups excluding carboxylic acids is 2. The fourth-order valence-electron chi connectivity index (χ4n) is 5.61. The van der Waals surface area contributed by atoms with E-state index in [1.807, 2.05) is 63.2 Å². The number of aryl methyl sites for hydroxylation is 2. The predicted octanol–water partition coefficient (Wildman–Crippen LogP) is 7.04. The number of thiazole rings is 1. The highest BCUT2D eigenvalue weighted by molar-refractivity contribution is 7.22. The summed E-state index contributed by atoms with van der Waals surface area (Å²) in [5.41, 5.74) is 5.03. The van der Waals surface area contributed by atoms with Crippen molar-refractivity contribution < 1.29 is 24.2 Å². The van der Waals surface area contributed by atoms with Crippen LogP contribution in [0.5, 0.6) is 11.5 Å². The number of carbonyl (C=O) groups is 2. The van der Waals surface area contributed by atoms with E-state index in [1.54, 1.807) is 12.1 Å². The fourth-order valence-corrected chi connectivity index (χ4v) is 6.78. The number of anilines is 1. The van der Waals surface area contributed by atoms with Gasteiger partial charge in [-0.3, -0.25) is 14.5 Å². The molecule has 0 spiro atoms. The van der Waals surface area contributed by atoms with Crippen molar-refractivity contribution in [2.24, 2.45) is 0 Å². The zero-order chi connectivity index (χ0) is 28.8. The molecule has 3 heterocycles. The number of unbranched alkanes of at least 4 members (excludes halogenated alkanes) is 1. The summed E-state index contributed by atoms with van der Waals surface area (Å²) in [5, 5.41) is 12.0. The molecule has 7 nitrogen and oxygen atoms in total. The molecule has 0 bridgehead atoms. The standard InChI is InChI=1S/C33H32N2O5S/c1-5-6-13-39-24-10-7-21(8-11-24)29-27(30(36)22-9-12-25-23(17-22)16-20(4)40-25)31(37)32(38)35(29)33-34-28-19(3)14-18(2)15-26(28)41-33/h7-12,14-15,17,20,29,36H,5-6,13,16H2,1-4H3/b30-27+/t20-,29-/m0/s1. The van der Waals surface area contributed by atoms with Crippen molar-refractivity contribution >= 4 is 44.1 Å². The van der Waals surface area contributed by atoms with Crippen molar-refractivity contribution in [1.29, 1.82) is 0 Å². The van der Waals surface area contributed by atoms with Crippen molar-refractivity contribution in [2.75, 3.05) is 11.5 Å². The van der Waals surface area contributed by atoms with Gasteiger partial charge < -0.3 is 14.6 Å². The number of nitrogens with zero attached hydrogens (tertiary/aromatic N) is 2. The minimum absolute atomic E-state index is 0.0359. The maximum absolute atomic E-state index is 13.7. The van der Waals surface area contributed by atoms with Crippen LogP contribution in [0.3, 0.4) is 0 Å². The first kappa shape index (κ1) is 27.0. The molecule has 0 aliphatic carbocycles. The highest BCUT2D eigenvalue weighted by Crippen LogP contribution is 2.45. The Hall–Kier alpha value is -4.17. The maximum atomic E-state index is 13.7. The molecule has 2 atom stereocenters. The van der Waals surface area contributed by atoms with Crippen molar-refractivity contribution in [3.05, 3.63) is 88.0 Å². The quantitative estimate of drug-likeness (QED) is 0.111. The molecule has 0 unspecified atom stereocenters. The number of rotatable bonds is 7. The predicted molar refractivity (Wildman–Crippen MR) is 161 cm³/mol. The van der Waals surface area contributed by atoms with Crippen LogP contribution in [0.2, 0.25) is 0 Å². The summed E-state index contributed by atoms with van der Waals surface area (Å²) in [5.74, 6) is -0.197. The minimum atomic E-state index is -0.856. The van der Waals surface area contributed by atoms with E-state index in [1.165, 1.54) is 16.2 Å². The van der Waals surface area contributed by atoms with Crippen molar-refractivity contribution in [2.45, 2.75) is 59.1 Å². The lowest BCUT2D eigenvalue weighted by Crippen LogP contribution is -2.29. The number of fused-ring (bicyclic) bond motifs is 2. The van der Waals surface area contributed by atoms with Gasteiger partial charge in [0.1, 0.15) is 23.4 Å². The lowest BCUT2D eigenvalue weighted by atomic mass is 9.94. The number of hydrogen-bond acceptors (Lipinski definition) is 7. The molecule has 1 N–H and O–H groups in total. The van der Waals surface area contributed by atoms with Crippen molar-refractivity contribution in [1.82, 2.24) is 4.98 Å². The average Bonchev–Trinajstić information content (AvgIpc) is 3.61. The summed E-state index contributed by atoms with van der Waals surface area (Å²) in [4.78, 5) is 33.6. The van der Waals surface area contributed by atoms with Gasteiger partial charge in [0.25, 0.3) is 5.78 Å². The van der Waals surface area contributed by atoms with Crippen LogP contribution in [0.25, 0.3) is 16.0 Å². The van der Waals surface area contributed by atoms with Gasteiger partial charge in [-0.15, -0.1) is 0 Å². The second kappa shape index (κ2) is 10.7. The van der Waals surface area contributed by atoms with Gasteiger partial charge >= 0.3 is 5.91 Å². The molecule has 210 valence electrons. The zero-order valence-corrected chi connectivity index (χ0v) is 24.4. The number of aromatic nitrogens is 1. The van der Waals surface area contributed by atoms with Gasteiger partial charge in [-0.05, 0) is 85.8 Å². The van der Waals surface area contributed by atoms with E-state index in [9.17, 15) is 14.7 Å². The molecular formula is C33H32N2O5S. The lowest BCUT2D eigenvalue weighted by Gasteiger charge is -2.23. The Balaban J connectivity index is 1.48. The molecule has 3 aromatic carbocycles. The molecule has 0 radical (unpaired) electrons. The van der Waals surface area contributed by atoms with Crippen LogP contribution < -0.4 is 14.4 Å². The third-order valence-corrected chi connectivity index (χ3v) is 8.60. The first-order valence-corrected chi connectivity index (χ1v) is 14.8. The normalized spacial score (nSPS) is 19.6. The Kier molecular flexibility index (Phi) is 7.03. The number of aliphatic hydroxyl groups excluding tert-OH is 1. The summed E-state index contributed by atoms with van der Waals surface area (Å²) in [6.45, 7) is 8.71. The highest BCUT2D eigenvalue weighted by Gasteiger charge is 2.48. The third-order valence-electron chi connectivity index (χ3n) is 7.60. The highest BCUT2D eigenvalue weighted by atomic mass is 32.1. The van der Waals surface area contributed by atoms with Gasteiger partial charge in [-0.2, -0.15) is 0 Å². The molecule has 41 heavy (non-hydrogen) atoms. The molecule has 0 saturated carbocycles. The van der Waals surface area contributed by atoms with Gasteiger partial charge in [0.15, 0.2) is 5.13 Å². The summed E-state index contributed by atoms with van der Waals surface area (Å²) in [7, 11) is 0. The van der Waals surface area contributed by atoms with Crippen LogP contribution in [0.1, 0.15) is 60.5 Å². The van der Waals surface area contributed by atoms with Crippen molar-refractivity contribution in [3.8, 4) is 11.5 Å². The van der Waals surface area contributed by atoms with Crippen molar-refractivity contribution in [3.63, 3.8) is 0 Å². The second-order valence-corrected chi connectivity index (χ2v) is 11.8. The topological polar surface area (TPSA) is 89.0 Å². The van der Waals surface area contributed by atoms with Crippen LogP contribution in [0, 0.1) is 13.8 Å². The molecular weight excluding hydrogens is 536 g/mol. The number of hydrogen-bond donors (Lipinski definition) is 1. The van der Waals surface area contributed by atoms with E-state index in [0.29, 0.717) is 35.0 Å². The molecule has 2 aliphatic heterocycles. The minimum Gasteiger partial charge on any atom is -0.507 e. The molecule has 6 rings (SSSR count). The SMILES string of the molecule is CCCCOc1ccc([C@H]2/C(=C(\O)c3ccc4c(c3)C[C@H](C)O4)C(=O)C(=O)N2c2nc3c(C)cc(C)cc3s2)cc1. The van der Waals surface area contributed by atoms with E-state index in [-0.39, 0.29) is 17.4 Å². The van der Waals surface area contributed by atoms with Crippen LogP contribution >= 0.6 is 11.3 Å². The summed E-state index contributed by atoms with van der Waals surface area (Å²) in [6.07, 6.45) is 2.72. The summed E-state index contributed by atoms with van der Waals surface area (Å²) >= 11 is 1.37. The smallest absolute Gasteiger partial charge is 0.301 e. The van der Waals surface area contributed by atoms with Crippen LogP contribution in [0.15, 0.2) is 60.2 Å². The molecule has 1 saturated heterocycles. The van der Waals surface area contributed by atoms with Gasteiger partial charge in [-0.1, -0.05) is 42.9 Å². The average molecular weight is 569 g/mol. The van der Waals surface area contributed by atoms with E-state index in [0.717, 1.165) is 45.5 Å². The fraction of sp³-hybridized carbons (Fsp3) is 0.303. The Morgan fingerprint density at radius 3 is 2.66 bits per heavy atom. The van der Waals surface area contributed by atoms with Crippen LogP contribution in [-0.2, 0) is 16.0 Å². The molecule has 1 aromatic heterocycles. The van der Waals surface area contributed by atoms with Crippen LogP contribution in [0.4, 0.5) is 5.13 Å². The Bertz CT molecular complexity index is 1700.